The normalized spacial score (nSPS) is 14.1. The molecule has 0 aromatic heterocycles. The Labute approximate surface area is 194 Å². The maximum absolute atomic E-state index is 14.6. The first-order valence-electron chi connectivity index (χ1n) is 9.68. The highest BCUT2D eigenvalue weighted by Gasteiger charge is 2.35. The summed E-state index contributed by atoms with van der Waals surface area (Å²) >= 11 is 0. The second-order valence-corrected chi connectivity index (χ2v) is 7.15. The van der Waals surface area contributed by atoms with Gasteiger partial charge in [-0.15, -0.1) is 0 Å². The van der Waals surface area contributed by atoms with Crippen LogP contribution in [-0.4, -0.2) is 39.5 Å². The molecule has 188 valence electrons. The van der Waals surface area contributed by atoms with E-state index in [1.807, 2.05) is 0 Å². The van der Waals surface area contributed by atoms with Crippen molar-refractivity contribution in [3.8, 4) is 11.5 Å². The van der Waals surface area contributed by atoms with Crippen molar-refractivity contribution in [2.45, 2.75) is 13.1 Å². The zero-order valence-electron chi connectivity index (χ0n) is 18.4. The number of alkyl halides is 3. The highest BCUT2D eigenvalue weighted by Crippen LogP contribution is 2.39. The number of anilines is 1. The molecule has 3 rings (SSSR count). The van der Waals surface area contributed by atoms with Crippen LogP contribution in [0.3, 0.4) is 0 Å². The van der Waals surface area contributed by atoms with Crippen LogP contribution in [0.4, 0.5) is 32.0 Å². The van der Waals surface area contributed by atoms with Crippen molar-refractivity contribution >= 4 is 17.6 Å². The highest BCUT2D eigenvalue weighted by atomic mass is 19.4. The van der Waals surface area contributed by atoms with Crippen LogP contribution in [0, 0.1) is 24.4 Å². The third-order valence-electron chi connectivity index (χ3n) is 4.91. The number of ether oxygens (including phenoxy) is 4. The molecule has 0 saturated carbocycles. The van der Waals surface area contributed by atoms with E-state index in [9.17, 15) is 35.9 Å². The molecular formula is C22H17F6NO6. The fraction of sp³-hybridized carbons (Fsp3) is 0.273. The van der Waals surface area contributed by atoms with Gasteiger partial charge in [-0.2, -0.15) is 13.2 Å². The van der Waals surface area contributed by atoms with Crippen molar-refractivity contribution in [3.05, 3.63) is 64.1 Å². The van der Waals surface area contributed by atoms with Crippen molar-refractivity contribution in [2.24, 2.45) is 0 Å². The van der Waals surface area contributed by atoms with Crippen LogP contribution in [0.25, 0.3) is 0 Å². The number of carbonyl (C=O) groups excluding carboxylic acids is 2. The summed E-state index contributed by atoms with van der Waals surface area (Å²) in [7, 11) is 2.13. The molecule has 0 spiro atoms. The topological polar surface area (TPSA) is 74.3 Å². The molecule has 1 heterocycles. The lowest BCUT2D eigenvalue weighted by atomic mass is 10.1. The van der Waals surface area contributed by atoms with Gasteiger partial charge in [-0.3, -0.25) is 0 Å². The Bertz CT molecular complexity index is 1190. The van der Waals surface area contributed by atoms with Crippen LogP contribution in [0.1, 0.15) is 11.1 Å². The summed E-state index contributed by atoms with van der Waals surface area (Å²) in [4.78, 5) is 25.7. The average molecular weight is 505 g/mol. The molecule has 0 radical (unpaired) electrons. The summed E-state index contributed by atoms with van der Waals surface area (Å²) in [5, 5.41) is 0. The van der Waals surface area contributed by atoms with E-state index in [0.29, 0.717) is 0 Å². The van der Waals surface area contributed by atoms with E-state index in [4.69, 9.17) is 14.2 Å². The number of methoxy groups -OCH3 is 2. The Kier molecular flexibility index (Phi) is 7.29. The molecule has 0 unspecified atom stereocenters. The number of hydrogen-bond acceptors (Lipinski definition) is 7. The molecule has 2 aromatic carbocycles. The van der Waals surface area contributed by atoms with Crippen LogP contribution in [0.15, 0.2) is 35.5 Å². The fourth-order valence-corrected chi connectivity index (χ4v) is 3.28. The number of esters is 2. The molecule has 0 bridgehead atoms. The van der Waals surface area contributed by atoms with Crippen LogP contribution in [0.5, 0.6) is 11.5 Å². The minimum atomic E-state index is -5.02. The van der Waals surface area contributed by atoms with Crippen LogP contribution in [-0.2, 0) is 30.0 Å². The smallest absolute Gasteiger partial charge is 0.416 e. The average Bonchev–Trinajstić information content (AvgIpc) is 2.80. The molecule has 2 aromatic rings. The zero-order chi connectivity index (χ0) is 26.1. The Morgan fingerprint density at radius 1 is 0.943 bits per heavy atom. The minimum Gasteiger partial charge on any atom is -0.466 e. The van der Waals surface area contributed by atoms with Gasteiger partial charge in [0.25, 0.3) is 0 Å². The van der Waals surface area contributed by atoms with E-state index < -0.39 is 52.6 Å². The van der Waals surface area contributed by atoms with E-state index in [0.717, 1.165) is 31.3 Å². The molecule has 1 aliphatic heterocycles. The molecule has 0 amide bonds. The van der Waals surface area contributed by atoms with Gasteiger partial charge in [0.1, 0.15) is 12.4 Å². The number of aryl methyl sites for hydroxylation is 1. The fourth-order valence-electron chi connectivity index (χ4n) is 3.28. The lowest BCUT2D eigenvalue weighted by Crippen LogP contribution is -2.39. The molecule has 0 fully saturated rings. The van der Waals surface area contributed by atoms with Crippen LogP contribution < -0.4 is 9.64 Å². The lowest BCUT2D eigenvalue weighted by Gasteiger charge is -2.32. The van der Waals surface area contributed by atoms with E-state index in [1.54, 1.807) is 0 Å². The summed E-state index contributed by atoms with van der Waals surface area (Å²) < 4.78 is 101. The molecule has 0 atom stereocenters. The second-order valence-electron chi connectivity index (χ2n) is 7.15. The summed E-state index contributed by atoms with van der Waals surface area (Å²) in [6.45, 7) is 0.793. The number of rotatable bonds is 5. The molecule has 35 heavy (non-hydrogen) atoms. The van der Waals surface area contributed by atoms with E-state index in [-0.39, 0.29) is 48.0 Å². The maximum atomic E-state index is 14.6. The van der Waals surface area contributed by atoms with E-state index >= 15 is 0 Å². The number of carbonyl (C=O) groups is 2. The van der Waals surface area contributed by atoms with Crippen molar-refractivity contribution in [2.75, 3.05) is 32.5 Å². The van der Waals surface area contributed by atoms with Gasteiger partial charge < -0.3 is 23.8 Å². The van der Waals surface area contributed by atoms with Gasteiger partial charge in [-0.1, -0.05) is 0 Å². The van der Waals surface area contributed by atoms with Gasteiger partial charge in [0, 0.05) is 6.07 Å². The summed E-state index contributed by atoms with van der Waals surface area (Å²) in [5.41, 5.74) is -1.91. The standard InChI is InChI=1S/C22H17F6NO6/c1-10-4-13(23)17(35-19-14(24)5-11(6-15(19)25)22(26,27)28)7-16(10)29-9-34-8-12(20(30)32-2)18(29)21(31)33-3/h4-7H,8-9H2,1-3H3. The lowest BCUT2D eigenvalue weighted by molar-refractivity contribution is -0.140. The molecule has 0 N–H and O–H groups in total. The van der Waals surface area contributed by atoms with Crippen molar-refractivity contribution < 1.29 is 54.9 Å². The third kappa shape index (κ3) is 5.19. The summed E-state index contributed by atoms with van der Waals surface area (Å²) in [5.74, 6) is -8.47. The van der Waals surface area contributed by atoms with Gasteiger partial charge in [0.05, 0.1) is 37.7 Å². The Balaban J connectivity index is 2.10. The predicted octanol–water partition coefficient (Wildman–Crippen LogP) is 4.62. The van der Waals surface area contributed by atoms with Gasteiger partial charge >= 0.3 is 18.1 Å². The van der Waals surface area contributed by atoms with Gasteiger partial charge in [-0.25, -0.2) is 22.8 Å². The largest absolute Gasteiger partial charge is 0.466 e. The highest BCUT2D eigenvalue weighted by molar-refractivity contribution is 6.03. The first kappa shape index (κ1) is 25.9. The quantitative estimate of drug-likeness (QED) is 0.434. The summed E-state index contributed by atoms with van der Waals surface area (Å²) in [6.07, 6.45) is -5.02. The number of nitrogens with zero attached hydrogens (tertiary/aromatic N) is 1. The molecule has 13 heteroatoms. The van der Waals surface area contributed by atoms with Gasteiger partial charge in [0.15, 0.2) is 29.0 Å². The van der Waals surface area contributed by atoms with Crippen molar-refractivity contribution in [1.82, 2.24) is 0 Å². The monoisotopic (exact) mass is 505 g/mol. The first-order valence-corrected chi connectivity index (χ1v) is 9.68. The van der Waals surface area contributed by atoms with Crippen molar-refractivity contribution in [1.29, 1.82) is 0 Å². The first-order chi connectivity index (χ1) is 16.4. The Hall–Kier alpha value is -3.74. The predicted molar refractivity (Wildman–Crippen MR) is 107 cm³/mol. The molecule has 0 aliphatic carbocycles. The number of benzene rings is 2. The van der Waals surface area contributed by atoms with Gasteiger partial charge in [0.2, 0.25) is 0 Å². The van der Waals surface area contributed by atoms with E-state index in [2.05, 4.69) is 4.74 Å². The molecule has 1 aliphatic rings. The Morgan fingerprint density at radius 2 is 1.54 bits per heavy atom. The zero-order valence-corrected chi connectivity index (χ0v) is 18.4. The maximum Gasteiger partial charge on any atom is 0.416 e. The third-order valence-corrected chi connectivity index (χ3v) is 4.91. The minimum absolute atomic E-state index is 0.00459. The van der Waals surface area contributed by atoms with Crippen molar-refractivity contribution in [3.63, 3.8) is 0 Å². The second kappa shape index (κ2) is 9.86. The number of halogens is 6. The van der Waals surface area contributed by atoms with Crippen LogP contribution in [0.2, 0.25) is 0 Å². The van der Waals surface area contributed by atoms with Crippen LogP contribution >= 0.6 is 0 Å². The molecular weight excluding hydrogens is 488 g/mol. The SMILES string of the molecule is COC(=O)C1=C(C(=O)OC)N(c2cc(Oc3c(F)cc(C(F)(F)F)cc3F)c(F)cc2C)COC1. The molecule has 0 saturated heterocycles. The van der Waals surface area contributed by atoms with Gasteiger partial charge in [-0.05, 0) is 30.7 Å². The summed E-state index contributed by atoms with van der Waals surface area (Å²) in [6, 6.07) is 1.84. The molecule has 7 nitrogen and oxygen atoms in total. The number of hydrogen-bond donors (Lipinski definition) is 0. The van der Waals surface area contributed by atoms with E-state index in [1.165, 1.54) is 6.92 Å². The Morgan fingerprint density at radius 3 is 2.09 bits per heavy atom.